The lowest BCUT2D eigenvalue weighted by Crippen LogP contribution is -1.90. The average molecular weight is 438 g/mol. The lowest BCUT2D eigenvalue weighted by atomic mass is 9.89. The lowest BCUT2D eigenvalue weighted by Gasteiger charge is -2.14. The van der Waals surface area contributed by atoms with E-state index in [2.05, 4.69) is 118 Å². The highest BCUT2D eigenvalue weighted by Crippen LogP contribution is 2.37. The Kier molecular flexibility index (Phi) is 5.74. The first-order valence-electron chi connectivity index (χ1n) is 11.8. The Hall–Kier alpha value is -4.15. The Morgan fingerprint density at radius 2 is 1.24 bits per heavy atom. The minimum atomic E-state index is 0.517. The Morgan fingerprint density at radius 1 is 0.588 bits per heavy atom. The zero-order chi connectivity index (χ0) is 23.7. The largest absolute Gasteiger partial charge is 0.192 e. The number of rotatable bonds is 4. The van der Waals surface area contributed by atoms with Crippen LogP contribution in [0.25, 0.3) is 44.2 Å². The molecule has 0 saturated heterocycles. The van der Waals surface area contributed by atoms with Crippen molar-refractivity contribution in [1.82, 2.24) is 0 Å². The van der Waals surface area contributed by atoms with Crippen LogP contribution in [0.4, 0.5) is 0 Å². The van der Waals surface area contributed by atoms with Crippen LogP contribution in [-0.2, 0) is 0 Å². The van der Waals surface area contributed by atoms with Gasteiger partial charge in [0.05, 0.1) is 11.6 Å². The van der Waals surface area contributed by atoms with Gasteiger partial charge in [0.15, 0.2) is 0 Å². The molecule has 5 rings (SSSR count). The first-order chi connectivity index (χ1) is 16.5. The van der Waals surface area contributed by atoms with Crippen LogP contribution in [-0.4, -0.2) is 0 Å². The molecule has 5 aromatic rings. The van der Waals surface area contributed by atoms with Crippen LogP contribution < -0.4 is 0 Å². The molecule has 1 heteroatoms. The van der Waals surface area contributed by atoms with Crippen molar-refractivity contribution in [3.05, 3.63) is 120 Å². The third-order valence-corrected chi connectivity index (χ3v) is 6.54. The van der Waals surface area contributed by atoms with E-state index >= 15 is 0 Å². The molecule has 0 saturated carbocycles. The van der Waals surface area contributed by atoms with Gasteiger partial charge >= 0.3 is 0 Å². The fraction of sp³-hybridized carbons (Fsp3) is 0.121. The SMILES string of the molecule is Cc1cccc(-c2cc(C#N)cc(-c3ccc(-c4ccc(C(C)C)cc4)c4ccccc34)c2)c1. The molecule has 0 aliphatic rings. The smallest absolute Gasteiger partial charge is 0.0992 e. The molecule has 164 valence electrons. The van der Waals surface area contributed by atoms with Gasteiger partial charge in [-0.15, -0.1) is 0 Å². The van der Waals surface area contributed by atoms with E-state index in [9.17, 15) is 5.26 Å². The molecule has 0 aromatic heterocycles. The molecule has 0 unspecified atom stereocenters. The van der Waals surface area contributed by atoms with Crippen molar-refractivity contribution in [2.75, 3.05) is 0 Å². The van der Waals surface area contributed by atoms with Gasteiger partial charge in [-0.2, -0.15) is 5.26 Å². The van der Waals surface area contributed by atoms with E-state index in [4.69, 9.17) is 0 Å². The second kappa shape index (κ2) is 9.00. The molecule has 34 heavy (non-hydrogen) atoms. The van der Waals surface area contributed by atoms with Crippen LogP contribution in [0.15, 0.2) is 103 Å². The van der Waals surface area contributed by atoms with E-state index in [-0.39, 0.29) is 0 Å². The summed E-state index contributed by atoms with van der Waals surface area (Å²) in [7, 11) is 0. The summed E-state index contributed by atoms with van der Waals surface area (Å²) in [5.41, 5.74) is 10.1. The number of hydrogen-bond donors (Lipinski definition) is 0. The molecule has 0 radical (unpaired) electrons. The lowest BCUT2D eigenvalue weighted by molar-refractivity contribution is 0.867. The molecular formula is C33H27N. The first kappa shape index (κ1) is 21.7. The van der Waals surface area contributed by atoms with E-state index in [1.807, 2.05) is 12.1 Å². The Bertz CT molecular complexity index is 1530. The third kappa shape index (κ3) is 4.12. The summed E-state index contributed by atoms with van der Waals surface area (Å²) in [4.78, 5) is 0. The van der Waals surface area contributed by atoms with Gasteiger partial charge in [0, 0.05) is 0 Å². The number of benzene rings is 5. The van der Waals surface area contributed by atoms with Crippen molar-refractivity contribution in [2.45, 2.75) is 26.7 Å². The Balaban J connectivity index is 1.68. The molecule has 5 aromatic carbocycles. The Morgan fingerprint density at radius 3 is 1.85 bits per heavy atom. The van der Waals surface area contributed by atoms with Crippen molar-refractivity contribution < 1.29 is 0 Å². The number of nitrogens with zero attached hydrogens (tertiary/aromatic N) is 1. The number of nitriles is 1. The summed E-state index contributed by atoms with van der Waals surface area (Å²) >= 11 is 0. The maximum Gasteiger partial charge on any atom is 0.0992 e. The quantitative estimate of drug-likeness (QED) is 0.275. The molecule has 0 heterocycles. The van der Waals surface area contributed by atoms with E-state index in [0.717, 1.165) is 22.3 Å². The van der Waals surface area contributed by atoms with Gasteiger partial charge in [-0.1, -0.05) is 104 Å². The number of aryl methyl sites for hydroxylation is 1. The highest BCUT2D eigenvalue weighted by molar-refractivity contribution is 6.05. The first-order valence-corrected chi connectivity index (χ1v) is 11.8. The van der Waals surface area contributed by atoms with Gasteiger partial charge in [-0.3, -0.25) is 0 Å². The van der Waals surface area contributed by atoms with Crippen LogP contribution in [0.5, 0.6) is 0 Å². The van der Waals surface area contributed by atoms with Gasteiger partial charge in [-0.25, -0.2) is 0 Å². The summed E-state index contributed by atoms with van der Waals surface area (Å²) < 4.78 is 0. The molecule has 0 N–H and O–H groups in total. The van der Waals surface area contributed by atoms with Crippen molar-refractivity contribution in [3.63, 3.8) is 0 Å². The van der Waals surface area contributed by atoms with Gasteiger partial charge in [0.2, 0.25) is 0 Å². The average Bonchev–Trinajstić information content (AvgIpc) is 2.87. The second-order valence-corrected chi connectivity index (χ2v) is 9.26. The molecular weight excluding hydrogens is 410 g/mol. The monoisotopic (exact) mass is 437 g/mol. The third-order valence-electron chi connectivity index (χ3n) is 6.54. The minimum Gasteiger partial charge on any atom is -0.192 e. The van der Waals surface area contributed by atoms with Crippen LogP contribution in [0.3, 0.4) is 0 Å². The minimum absolute atomic E-state index is 0.517. The standard InChI is InChI=1S/C33H27N/c1-22(2)25-11-13-26(14-12-25)30-15-16-31(33-10-5-4-9-32(30)33)29-19-24(21-34)18-28(20-29)27-8-6-7-23(3)17-27/h4-20,22H,1-3H3. The Labute approximate surface area is 202 Å². The molecule has 0 atom stereocenters. The van der Waals surface area contributed by atoms with Crippen LogP contribution in [0.1, 0.15) is 36.5 Å². The van der Waals surface area contributed by atoms with Crippen LogP contribution in [0.2, 0.25) is 0 Å². The van der Waals surface area contributed by atoms with E-state index in [1.165, 1.54) is 33.0 Å². The number of hydrogen-bond acceptors (Lipinski definition) is 1. The maximum atomic E-state index is 9.75. The predicted molar refractivity (Wildman–Crippen MR) is 144 cm³/mol. The van der Waals surface area contributed by atoms with Crippen molar-refractivity contribution in [3.8, 4) is 39.4 Å². The molecule has 1 nitrogen and oxygen atoms in total. The highest BCUT2D eigenvalue weighted by atomic mass is 14.2. The maximum absolute atomic E-state index is 9.75. The van der Waals surface area contributed by atoms with E-state index < -0.39 is 0 Å². The van der Waals surface area contributed by atoms with Gasteiger partial charge in [0.25, 0.3) is 0 Å². The van der Waals surface area contributed by atoms with Crippen molar-refractivity contribution in [1.29, 1.82) is 5.26 Å². The summed E-state index contributed by atoms with van der Waals surface area (Å²) in [5.74, 6) is 0.517. The van der Waals surface area contributed by atoms with E-state index in [1.54, 1.807) is 0 Å². The molecule has 0 spiro atoms. The molecule has 0 fully saturated rings. The zero-order valence-electron chi connectivity index (χ0n) is 19.8. The van der Waals surface area contributed by atoms with Crippen molar-refractivity contribution >= 4 is 10.8 Å². The number of fused-ring (bicyclic) bond motifs is 1. The molecule has 0 aliphatic carbocycles. The molecule has 0 amide bonds. The predicted octanol–water partition coefficient (Wildman–Crippen LogP) is 9.14. The van der Waals surface area contributed by atoms with Crippen LogP contribution >= 0.6 is 0 Å². The fourth-order valence-corrected chi connectivity index (χ4v) is 4.69. The second-order valence-electron chi connectivity index (χ2n) is 9.26. The van der Waals surface area contributed by atoms with Gasteiger partial charge < -0.3 is 0 Å². The summed E-state index contributed by atoms with van der Waals surface area (Å²) in [5, 5.41) is 12.2. The topological polar surface area (TPSA) is 23.8 Å². The fourth-order valence-electron chi connectivity index (χ4n) is 4.69. The summed E-state index contributed by atoms with van der Waals surface area (Å²) in [6, 6.07) is 38.9. The van der Waals surface area contributed by atoms with Crippen molar-refractivity contribution in [2.24, 2.45) is 0 Å². The van der Waals surface area contributed by atoms with Gasteiger partial charge in [0.1, 0.15) is 0 Å². The molecule has 0 bridgehead atoms. The summed E-state index contributed by atoms with van der Waals surface area (Å²) in [6.45, 7) is 6.54. The van der Waals surface area contributed by atoms with E-state index in [0.29, 0.717) is 11.5 Å². The highest BCUT2D eigenvalue weighted by Gasteiger charge is 2.12. The molecule has 0 aliphatic heterocycles. The zero-order valence-corrected chi connectivity index (χ0v) is 19.8. The normalized spacial score (nSPS) is 11.0. The summed E-state index contributed by atoms with van der Waals surface area (Å²) in [6.07, 6.45) is 0. The van der Waals surface area contributed by atoms with Crippen LogP contribution in [0, 0.1) is 18.3 Å². The van der Waals surface area contributed by atoms with Gasteiger partial charge in [-0.05, 0) is 80.8 Å².